The van der Waals surface area contributed by atoms with E-state index in [1.807, 2.05) is 6.92 Å². The molecule has 0 atom stereocenters. The minimum Gasteiger partial charge on any atom is -0.383 e. The molecule has 0 bridgehead atoms. The first kappa shape index (κ1) is 16.4. The summed E-state index contributed by atoms with van der Waals surface area (Å²) in [6.45, 7) is 4.24. The van der Waals surface area contributed by atoms with Gasteiger partial charge in [-0.1, -0.05) is 12.1 Å². The van der Waals surface area contributed by atoms with Crippen molar-refractivity contribution in [3.63, 3.8) is 0 Å². The van der Waals surface area contributed by atoms with Crippen molar-refractivity contribution in [1.82, 2.24) is 10.6 Å². The zero-order valence-corrected chi connectivity index (χ0v) is 11.9. The van der Waals surface area contributed by atoms with Gasteiger partial charge in [-0.05, 0) is 25.0 Å². The van der Waals surface area contributed by atoms with E-state index in [4.69, 9.17) is 4.74 Å². The number of methoxy groups -OCH3 is 1. The van der Waals surface area contributed by atoms with E-state index in [0.29, 0.717) is 37.6 Å². The van der Waals surface area contributed by atoms with E-state index >= 15 is 0 Å². The van der Waals surface area contributed by atoms with Gasteiger partial charge in [-0.3, -0.25) is 4.99 Å². The van der Waals surface area contributed by atoms with Crippen molar-refractivity contribution >= 4 is 5.96 Å². The van der Waals surface area contributed by atoms with Gasteiger partial charge >= 0.3 is 0 Å². The Morgan fingerprint density at radius 1 is 1.30 bits per heavy atom. The highest BCUT2D eigenvalue weighted by Crippen LogP contribution is 2.11. The summed E-state index contributed by atoms with van der Waals surface area (Å²) in [6, 6.07) is 4.20. The second-order valence-corrected chi connectivity index (χ2v) is 4.14. The molecule has 0 aromatic heterocycles. The molecule has 2 N–H and O–H groups in total. The molecule has 112 valence electrons. The summed E-state index contributed by atoms with van der Waals surface area (Å²) < 4.78 is 31.4. The molecule has 0 spiro atoms. The number of nitrogens with zero attached hydrogens (tertiary/aromatic N) is 1. The molecule has 0 amide bonds. The maximum absolute atomic E-state index is 13.5. The van der Waals surface area contributed by atoms with Crippen LogP contribution in [0.3, 0.4) is 0 Å². The maximum Gasteiger partial charge on any atom is 0.191 e. The number of benzene rings is 1. The van der Waals surface area contributed by atoms with Gasteiger partial charge in [-0.2, -0.15) is 0 Å². The monoisotopic (exact) mass is 285 g/mol. The summed E-state index contributed by atoms with van der Waals surface area (Å²) in [7, 11) is 1.61. The Labute approximate surface area is 118 Å². The highest BCUT2D eigenvalue weighted by atomic mass is 19.2. The highest BCUT2D eigenvalue weighted by Gasteiger charge is 2.07. The third-order valence-corrected chi connectivity index (χ3v) is 2.63. The van der Waals surface area contributed by atoms with Gasteiger partial charge in [0.15, 0.2) is 17.6 Å². The molecule has 0 heterocycles. The number of guanidine groups is 1. The molecule has 0 aliphatic rings. The molecule has 0 aliphatic heterocycles. The van der Waals surface area contributed by atoms with Crippen LogP contribution in [0.15, 0.2) is 23.2 Å². The van der Waals surface area contributed by atoms with Crippen LogP contribution in [-0.4, -0.2) is 39.3 Å². The van der Waals surface area contributed by atoms with Crippen LogP contribution in [0.25, 0.3) is 0 Å². The van der Waals surface area contributed by atoms with E-state index in [2.05, 4.69) is 15.6 Å². The standard InChI is InChI=1S/C14H21F2N3O/c1-3-17-14(19-9-10-20-2)18-8-7-11-5-4-6-12(15)13(11)16/h4-6H,3,7-10H2,1-2H3,(H2,17,18,19). The largest absolute Gasteiger partial charge is 0.383 e. The van der Waals surface area contributed by atoms with Crippen molar-refractivity contribution < 1.29 is 13.5 Å². The first-order chi connectivity index (χ1) is 9.69. The van der Waals surface area contributed by atoms with Crippen LogP contribution in [0.2, 0.25) is 0 Å². The lowest BCUT2D eigenvalue weighted by atomic mass is 10.1. The minimum atomic E-state index is -0.817. The number of aliphatic imine (C=N–C) groups is 1. The van der Waals surface area contributed by atoms with Crippen molar-refractivity contribution in [2.24, 2.45) is 4.99 Å². The van der Waals surface area contributed by atoms with Crippen LogP contribution < -0.4 is 10.6 Å². The van der Waals surface area contributed by atoms with E-state index in [0.717, 1.165) is 12.6 Å². The number of ether oxygens (including phenoxy) is 1. The van der Waals surface area contributed by atoms with Crippen LogP contribution in [0.5, 0.6) is 0 Å². The topological polar surface area (TPSA) is 45.7 Å². The normalized spacial score (nSPS) is 11.5. The Hall–Kier alpha value is -1.69. The van der Waals surface area contributed by atoms with Crippen LogP contribution >= 0.6 is 0 Å². The fourth-order valence-corrected chi connectivity index (χ4v) is 1.65. The van der Waals surface area contributed by atoms with Crippen LogP contribution in [-0.2, 0) is 11.2 Å². The highest BCUT2D eigenvalue weighted by molar-refractivity contribution is 5.79. The summed E-state index contributed by atoms with van der Waals surface area (Å²) in [6.07, 6.45) is 0.387. The third-order valence-electron chi connectivity index (χ3n) is 2.63. The van der Waals surface area contributed by atoms with E-state index in [1.54, 1.807) is 13.2 Å². The molecular weight excluding hydrogens is 264 g/mol. The molecule has 0 aliphatic carbocycles. The van der Waals surface area contributed by atoms with Crippen molar-refractivity contribution in [2.45, 2.75) is 13.3 Å². The lowest BCUT2D eigenvalue weighted by molar-refractivity contribution is 0.208. The summed E-state index contributed by atoms with van der Waals surface area (Å²) in [5.74, 6) is -0.958. The molecule has 0 saturated carbocycles. The van der Waals surface area contributed by atoms with E-state index < -0.39 is 11.6 Å². The third kappa shape index (κ3) is 5.52. The van der Waals surface area contributed by atoms with Gasteiger partial charge in [-0.15, -0.1) is 0 Å². The van der Waals surface area contributed by atoms with Crippen molar-refractivity contribution in [1.29, 1.82) is 0 Å². The van der Waals surface area contributed by atoms with Gasteiger partial charge in [0.05, 0.1) is 13.2 Å². The molecule has 0 saturated heterocycles. The Morgan fingerprint density at radius 2 is 2.10 bits per heavy atom. The summed E-state index contributed by atoms with van der Waals surface area (Å²) in [4.78, 5) is 4.28. The summed E-state index contributed by atoms with van der Waals surface area (Å²) in [5.41, 5.74) is 0.352. The van der Waals surface area contributed by atoms with Crippen molar-refractivity contribution in [3.8, 4) is 0 Å². The lowest BCUT2D eigenvalue weighted by Crippen LogP contribution is -2.38. The first-order valence-electron chi connectivity index (χ1n) is 6.63. The zero-order chi connectivity index (χ0) is 14.8. The predicted molar refractivity (Wildman–Crippen MR) is 75.9 cm³/mol. The number of rotatable bonds is 7. The molecule has 4 nitrogen and oxygen atoms in total. The van der Waals surface area contributed by atoms with Crippen LogP contribution in [0, 0.1) is 11.6 Å². The molecule has 20 heavy (non-hydrogen) atoms. The van der Waals surface area contributed by atoms with Gasteiger partial charge in [0.1, 0.15) is 0 Å². The van der Waals surface area contributed by atoms with Crippen LogP contribution in [0.1, 0.15) is 12.5 Å². The van der Waals surface area contributed by atoms with Crippen LogP contribution in [0.4, 0.5) is 8.78 Å². The fourth-order valence-electron chi connectivity index (χ4n) is 1.65. The average Bonchev–Trinajstić information content (AvgIpc) is 2.44. The molecule has 1 rings (SSSR count). The molecule has 1 aromatic rings. The molecule has 0 unspecified atom stereocenters. The quantitative estimate of drug-likeness (QED) is 0.455. The smallest absolute Gasteiger partial charge is 0.191 e. The predicted octanol–water partition coefficient (Wildman–Crippen LogP) is 1.71. The molecule has 1 aromatic carbocycles. The van der Waals surface area contributed by atoms with Gasteiger partial charge in [0, 0.05) is 20.2 Å². The molecular formula is C14H21F2N3O. The number of hydrogen-bond acceptors (Lipinski definition) is 2. The van der Waals surface area contributed by atoms with E-state index in [9.17, 15) is 8.78 Å². The van der Waals surface area contributed by atoms with Gasteiger partial charge in [0.2, 0.25) is 0 Å². The first-order valence-corrected chi connectivity index (χ1v) is 6.63. The average molecular weight is 285 g/mol. The minimum absolute atomic E-state index is 0.352. The maximum atomic E-state index is 13.5. The molecule has 0 radical (unpaired) electrons. The van der Waals surface area contributed by atoms with Gasteiger partial charge in [0.25, 0.3) is 0 Å². The van der Waals surface area contributed by atoms with Crippen molar-refractivity contribution in [2.75, 3.05) is 33.4 Å². The molecule has 0 fully saturated rings. The second kappa shape index (κ2) is 9.25. The Balaban J connectivity index is 2.47. The number of nitrogens with one attached hydrogen (secondary N) is 2. The molecule has 6 heteroatoms. The number of halogens is 2. The van der Waals surface area contributed by atoms with Gasteiger partial charge in [-0.25, -0.2) is 8.78 Å². The van der Waals surface area contributed by atoms with Gasteiger partial charge < -0.3 is 15.4 Å². The summed E-state index contributed by atoms with van der Waals surface area (Å²) in [5, 5.41) is 6.14. The van der Waals surface area contributed by atoms with E-state index in [-0.39, 0.29) is 0 Å². The fraction of sp³-hybridized carbons (Fsp3) is 0.500. The lowest BCUT2D eigenvalue weighted by Gasteiger charge is -2.11. The van der Waals surface area contributed by atoms with E-state index in [1.165, 1.54) is 6.07 Å². The number of hydrogen-bond donors (Lipinski definition) is 2. The SMILES string of the molecule is CCNC(=NCCOC)NCCc1cccc(F)c1F. The Kier molecular flexibility index (Phi) is 7.57. The summed E-state index contributed by atoms with van der Waals surface area (Å²) >= 11 is 0. The Bertz CT molecular complexity index is 438. The Morgan fingerprint density at radius 3 is 2.80 bits per heavy atom. The second-order valence-electron chi connectivity index (χ2n) is 4.14. The van der Waals surface area contributed by atoms with Crippen molar-refractivity contribution in [3.05, 3.63) is 35.4 Å². The zero-order valence-electron chi connectivity index (χ0n) is 11.9.